The number of nitriles is 1. The minimum atomic E-state index is -0.514. The Kier molecular flexibility index (Phi) is 8.35. The summed E-state index contributed by atoms with van der Waals surface area (Å²) in [5.41, 5.74) is 3.18. The largest absolute Gasteiger partial charge is 0.486 e. The second kappa shape index (κ2) is 11.2. The standard InChI is InChI=1S/C25H19BrCl2N2O2/c1-2-16-5-9-21(10-6-16)30-25(31)19(14-29)11-18-12-22(27)24(23(28)13-18)32-15-17-3-7-20(26)8-4-17/h3-13H,2,15H2,1H3,(H,30,31)/b19-11+. The van der Waals surface area contributed by atoms with E-state index in [2.05, 4.69) is 28.2 Å². The zero-order valence-electron chi connectivity index (χ0n) is 17.2. The molecule has 162 valence electrons. The Labute approximate surface area is 205 Å². The maximum absolute atomic E-state index is 12.5. The van der Waals surface area contributed by atoms with Crippen molar-refractivity contribution < 1.29 is 9.53 Å². The third kappa shape index (κ3) is 6.37. The van der Waals surface area contributed by atoms with Crippen molar-refractivity contribution in [3.63, 3.8) is 0 Å². The number of hydrogen-bond donors (Lipinski definition) is 1. The monoisotopic (exact) mass is 528 g/mol. The summed E-state index contributed by atoms with van der Waals surface area (Å²) in [5.74, 6) is -0.174. The third-order valence-electron chi connectivity index (χ3n) is 4.61. The predicted octanol–water partition coefficient (Wildman–Crippen LogP) is 7.44. The van der Waals surface area contributed by atoms with Gasteiger partial charge in [-0.15, -0.1) is 0 Å². The fraction of sp³-hybridized carbons (Fsp3) is 0.120. The highest BCUT2D eigenvalue weighted by molar-refractivity contribution is 9.10. The van der Waals surface area contributed by atoms with Gasteiger partial charge in [0.05, 0.1) is 10.0 Å². The Bertz CT molecular complexity index is 1160. The van der Waals surface area contributed by atoms with E-state index < -0.39 is 5.91 Å². The summed E-state index contributed by atoms with van der Waals surface area (Å²) >= 11 is 16.1. The molecule has 0 aliphatic carbocycles. The molecule has 0 saturated heterocycles. The van der Waals surface area contributed by atoms with Crippen LogP contribution in [0.4, 0.5) is 5.69 Å². The zero-order chi connectivity index (χ0) is 23.1. The SMILES string of the molecule is CCc1ccc(NC(=O)/C(C#N)=C/c2cc(Cl)c(OCc3ccc(Br)cc3)c(Cl)c2)cc1. The number of nitrogens with zero attached hydrogens (tertiary/aromatic N) is 1. The van der Waals surface area contributed by atoms with Gasteiger partial charge in [0.2, 0.25) is 0 Å². The Morgan fingerprint density at radius 3 is 2.22 bits per heavy atom. The molecule has 0 saturated carbocycles. The molecule has 0 fully saturated rings. The maximum Gasteiger partial charge on any atom is 0.266 e. The molecule has 0 aliphatic heterocycles. The Morgan fingerprint density at radius 2 is 1.66 bits per heavy atom. The lowest BCUT2D eigenvalue weighted by Crippen LogP contribution is -2.13. The molecule has 0 heterocycles. The molecular formula is C25H19BrCl2N2O2. The number of nitrogens with one attached hydrogen (secondary N) is 1. The Balaban J connectivity index is 1.74. The second-order valence-corrected chi connectivity index (χ2v) is 8.63. The Hall–Kier alpha value is -2.78. The van der Waals surface area contributed by atoms with Crippen molar-refractivity contribution in [1.29, 1.82) is 5.26 Å². The molecule has 3 aromatic rings. The van der Waals surface area contributed by atoms with Gasteiger partial charge in [0.15, 0.2) is 5.75 Å². The molecule has 0 unspecified atom stereocenters. The van der Waals surface area contributed by atoms with Gasteiger partial charge in [-0.25, -0.2) is 0 Å². The lowest BCUT2D eigenvalue weighted by Gasteiger charge is -2.11. The van der Waals surface area contributed by atoms with E-state index in [0.717, 1.165) is 22.0 Å². The molecule has 0 radical (unpaired) electrons. The van der Waals surface area contributed by atoms with Gasteiger partial charge in [-0.1, -0.05) is 70.3 Å². The molecule has 0 aliphatic rings. The van der Waals surface area contributed by atoms with Gasteiger partial charge < -0.3 is 10.1 Å². The van der Waals surface area contributed by atoms with Gasteiger partial charge in [0.25, 0.3) is 5.91 Å². The van der Waals surface area contributed by atoms with E-state index in [0.29, 0.717) is 23.6 Å². The van der Waals surface area contributed by atoms with Gasteiger partial charge in [-0.2, -0.15) is 5.26 Å². The van der Waals surface area contributed by atoms with E-state index in [-0.39, 0.29) is 15.6 Å². The maximum atomic E-state index is 12.5. The van der Waals surface area contributed by atoms with Crippen molar-refractivity contribution in [1.82, 2.24) is 0 Å². The average molecular weight is 530 g/mol. The fourth-order valence-electron chi connectivity index (χ4n) is 2.87. The van der Waals surface area contributed by atoms with Gasteiger partial charge in [-0.3, -0.25) is 4.79 Å². The molecule has 1 N–H and O–H groups in total. The van der Waals surface area contributed by atoms with Crippen LogP contribution in [0.1, 0.15) is 23.6 Å². The van der Waals surface area contributed by atoms with Gasteiger partial charge in [0, 0.05) is 10.2 Å². The molecule has 4 nitrogen and oxygen atoms in total. The summed E-state index contributed by atoms with van der Waals surface area (Å²) in [7, 11) is 0. The first-order chi connectivity index (χ1) is 15.4. The topological polar surface area (TPSA) is 62.1 Å². The van der Waals surface area contributed by atoms with Crippen LogP contribution in [0, 0.1) is 11.3 Å². The smallest absolute Gasteiger partial charge is 0.266 e. The van der Waals surface area contributed by atoms with Crippen molar-refractivity contribution in [2.45, 2.75) is 20.0 Å². The number of hydrogen-bond acceptors (Lipinski definition) is 3. The van der Waals surface area contributed by atoms with Crippen LogP contribution in [-0.2, 0) is 17.8 Å². The number of rotatable bonds is 7. The van der Waals surface area contributed by atoms with E-state index in [1.54, 1.807) is 24.3 Å². The number of amides is 1. The molecule has 0 aromatic heterocycles. The first-order valence-corrected chi connectivity index (χ1v) is 11.3. The van der Waals surface area contributed by atoms with Gasteiger partial charge in [0.1, 0.15) is 18.2 Å². The van der Waals surface area contributed by atoms with Crippen molar-refractivity contribution >= 4 is 56.8 Å². The minimum absolute atomic E-state index is 0.0692. The molecule has 1 amide bonds. The van der Waals surface area contributed by atoms with Crippen molar-refractivity contribution in [2.75, 3.05) is 5.32 Å². The average Bonchev–Trinajstić information content (AvgIpc) is 2.78. The summed E-state index contributed by atoms with van der Waals surface area (Å²) in [5, 5.41) is 12.8. The van der Waals surface area contributed by atoms with Crippen molar-refractivity contribution in [2.24, 2.45) is 0 Å². The van der Waals surface area contributed by atoms with E-state index >= 15 is 0 Å². The lowest BCUT2D eigenvalue weighted by atomic mass is 10.1. The van der Waals surface area contributed by atoms with E-state index in [4.69, 9.17) is 27.9 Å². The van der Waals surface area contributed by atoms with Crippen LogP contribution in [0.15, 0.2) is 70.7 Å². The first-order valence-electron chi connectivity index (χ1n) is 9.78. The van der Waals surface area contributed by atoms with Crippen molar-refractivity contribution in [3.05, 3.63) is 97.4 Å². The number of halogens is 3. The highest BCUT2D eigenvalue weighted by Gasteiger charge is 2.13. The molecule has 32 heavy (non-hydrogen) atoms. The first kappa shape index (κ1) is 23.9. The van der Waals surface area contributed by atoms with E-state index in [1.807, 2.05) is 42.5 Å². The normalized spacial score (nSPS) is 11.0. The molecule has 3 rings (SSSR count). The lowest BCUT2D eigenvalue weighted by molar-refractivity contribution is -0.112. The summed E-state index contributed by atoms with van der Waals surface area (Å²) in [6, 6.07) is 20.3. The predicted molar refractivity (Wildman–Crippen MR) is 133 cm³/mol. The highest BCUT2D eigenvalue weighted by atomic mass is 79.9. The number of anilines is 1. The molecule has 3 aromatic carbocycles. The van der Waals surface area contributed by atoms with Crippen LogP contribution in [0.3, 0.4) is 0 Å². The number of carbonyl (C=O) groups excluding carboxylic acids is 1. The van der Waals surface area contributed by atoms with Crippen molar-refractivity contribution in [3.8, 4) is 11.8 Å². The van der Waals surface area contributed by atoms with Gasteiger partial charge in [-0.05, 0) is 65.6 Å². The summed E-state index contributed by atoms with van der Waals surface area (Å²) in [6.45, 7) is 2.35. The van der Waals surface area contributed by atoms with E-state index in [9.17, 15) is 10.1 Å². The number of ether oxygens (including phenoxy) is 1. The summed E-state index contributed by atoms with van der Waals surface area (Å²) in [6.07, 6.45) is 2.34. The van der Waals surface area contributed by atoms with Crippen LogP contribution in [0.25, 0.3) is 6.08 Å². The van der Waals surface area contributed by atoms with Gasteiger partial charge >= 0.3 is 0 Å². The van der Waals surface area contributed by atoms with Crippen LogP contribution in [0.5, 0.6) is 5.75 Å². The molecule has 7 heteroatoms. The molecular weight excluding hydrogens is 511 g/mol. The quantitative estimate of drug-likeness (QED) is 0.255. The van der Waals surface area contributed by atoms with E-state index in [1.165, 1.54) is 6.08 Å². The number of carbonyl (C=O) groups is 1. The molecule has 0 bridgehead atoms. The van der Waals surface area contributed by atoms with Crippen LogP contribution in [-0.4, -0.2) is 5.91 Å². The number of benzene rings is 3. The number of aryl methyl sites for hydroxylation is 1. The van der Waals surface area contributed by atoms with Crippen LogP contribution >= 0.6 is 39.1 Å². The summed E-state index contributed by atoms with van der Waals surface area (Å²) < 4.78 is 6.76. The molecule has 0 atom stereocenters. The Morgan fingerprint density at radius 1 is 1.06 bits per heavy atom. The third-order valence-corrected chi connectivity index (χ3v) is 5.70. The molecule has 0 spiro atoms. The second-order valence-electron chi connectivity index (χ2n) is 6.90. The van der Waals surface area contributed by atoms with Crippen LogP contribution < -0.4 is 10.1 Å². The van der Waals surface area contributed by atoms with Crippen LogP contribution in [0.2, 0.25) is 10.0 Å². The highest BCUT2D eigenvalue weighted by Crippen LogP contribution is 2.35. The summed E-state index contributed by atoms with van der Waals surface area (Å²) in [4.78, 5) is 12.5. The minimum Gasteiger partial charge on any atom is -0.486 e. The zero-order valence-corrected chi connectivity index (χ0v) is 20.3. The fourth-order valence-corrected chi connectivity index (χ4v) is 3.75.